The fraction of sp³-hybridized carbons (Fsp3) is 0.556. The van der Waals surface area contributed by atoms with Gasteiger partial charge in [0.25, 0.3) is 5.91 Å². The Morgan fingerprint density at radius 3 is 3.04 bits per heavy atom. The van der Waals surface area contributed by atoms with E-state index in [1.54, 1.807) is 11.3 Å². The number of nitrogens with zero attached hydrogens (tertiary/aromatic N) is 2. The van der Waals surface area contributed by atoms with Gasteiger partial charge in [-0.15, -0.1) is 0 Å². The predicted molar refractivity (Wildman–Crippen MR) is 94.6 cm³/mol. The normalized spacial score (nSPS) is 26.1. The Hall–Kier alpha value is -1.70. The van der Waals surface area contributed by atoms with Crippen molar-refractivity contribution in [2.24, 2.45) is 11.8 Å². The van der Waals surface area contributed by atoms with E-state index >= 15 is 0 Å². The highest BCUT2D eigenvalue weighted by Gasteiger charge is 2.43. The molecule has 7 heteroatoms. The fourth-order valence-electron chi connectivity index (χ4n) is 3.89. The molecule has 2 aromatic rings. The zero-order valence-electron chi connectivity index (χ0n) is 14.5. The molecule has 0 unspecified atom stereocenters. The van der Waals surface area contributed by atoms with Crippen molar-refractivity contribution in [3.05, 3.63) is 39.4 Å². The maximum atomic E-state index is 12.1. The number of hydrogen-bond donors (Lipinski definition) is 1. The smallest absolute Gasteiger partial charge is 0.252 e. The van der Waals surface area contributed by atoms with E-state index in [0.29, 0.717) is 18.4 Å². The molecule has 0 spiro atoms. The molecule has 25 heavy (non-hydrogen) atoms. The number of rotatable bonds is 5. The van der Waals surface area contributed by atoms with E-state index in [-0.39, 0.29) is 12.0 Å². The first-order chi connectivity index (χ1) is 12.1. The summed E-state index contributed by atoms with van der Waals surface area (Å²) in [6, 6.07) is 1.86. The van der Waals surface area contributed by atoms with Crippen LogP contribution in [-0.2, 0) is 11.3 Å². The summed E-state index contributed by atoms with van der Waals surface area (Å²) < 4.78 is 11.3. The lowest BCUT2D eigenvalue weighted by molar-refractivity contribution is 0.0903. The Morgan fingerprint density at radius 1 is 1.44 bits per heavy atom. The molecule has 0 aromatic carbocycles. The largest absolute Gasteiger partial charge is 0.376 e. The Labute approximate surface area is 151 Å². The van der Waals surface area contributed by atoms with E-state index in [0.717, 1.165) is 43.3 Å². The van der Waals surface area contributed by atoms with Crippen LogP contribution < -0.4 is 5.32 Å². The number of amides is 1. The molecular formula is C18H23N3O3S. The van der Waals surface area contributed by atoms with Crippen LogP contribution in [0.25, 0.3) is 0 Å². The number of thiophene rings is 1. The summed E-state index contributed by atoms with van der Waals surface area (Å²) in [5, 5.41) is 10.9. The summed E-state index contributed by atoms with van der Waals surface area (Å²) in [7, 11) is 0. The molecule has 2 aromatic heterocycles. The summed E-state index contributed by atoms with van der Waals surface area (Å²) in [4.78, 5) is 14.5. The molecule has 0 radical (unpaired) electrons. The maximum Gasteiger partial charge on any atom is 0.252 e. The summed E-state index contributed by atoms with van der Waals surface area (Å²) in [5.41, 5.74) is 2.89. The van der Waals surface area contributed by atoms with Gasteiger partial charge in [-0.1, -0.05) is 5.16 Å². The Morgan fingerprint density at radius 2 is 2.32 bits per heavy atom. The van der Waals surface area contributed by atoms with Crippen molar-refractivity contribution < 1.29 is 14.1 Å². The highest BCUT2D eigenvalue weighted by Crippen LogP contribution is 2.34. The van der Waals surface area contributed by atoms with Crippen LogP contribution in [0.2, 0.25) is 0 Å². The van der Waals surface area contributed by atoms with Crippen LogP contribution in [-0.4, -0.2) is 48.3 Å². The number of hydrogen-bond acceptors (Lipinski definition) is 6. The Balaban J connectivity index is 1.33. The average molecular weight is 361 g/mol. The van der Waals surface area contributed by atoms with E-state index in [4.69, 9.17) is 9.26 Å². The van der Waals surface area contributed by atoms with Gasteiger partial charge >= 0.3 is 0 Å². The lowest BCUT2D eigenvalue weighted by Gasteiger charge is -2.19. The molecule has 2 saturated heterocycles. The minimum Gasteiger partial charge on any atom is -0.376 e. The van der Waals surface area contributed by atoms with Crippen LogP contribution in [0.4, 0.5) is 0 Å². The van der Waals surface area contributed by atoms with Crippen molar-refractivity contribution in [2.75, 3.05) is 26.2 Å². The minimum absolute atomic E-state index is 0.00951. The highest BCUT2D eigenvalue weighted by atomic mass is 32.1. The quantitative estimate of drug-likeness (QED) is 0.885. The minimum atomic E-state index is 0.00951. The second kappa shape index (κ2) is 6.90. The van der Waals surface area contributed by atoms with E-state index in [2.05, 4.69) is 15.4 Å². The van der Waals surface area contributed by atoms with Gasteiger partial charge in [0.05, 0.1) is 18.4 Å². The lowest BCUT2D eigenvalue weighted by Crippen LogP contribution is -2.34. The topological polar surface area (TPSA) is 67.6 Å². The van der Waals surface area contributed by atoms with Gasteiger partial charge in [-0.3, -0.25) is 9.69 Å². The van der Waals surface area contributed by atoms with Gasteiger partial charge < -0.3 is 14.6 Å². The van der Waals surface area contributed by atoms with Gasteiger partial charge in [0.1, 0.15) is 5.76 Å². The molecular weight excluding hydrogens is 338 g/mol. The fourth-order valence-corrected chi connectivity index (χ4v) is 4.53. The number of nitrogens with one attached hydrogen (secondary N) is 1. The molecule has 1 N–H and O–H groups in total. The molecule has 0 aliphatic carbocycles. The first kappa shape index (κ1) is 16.8. The zero-order valence-corrected chi connectivity index (χ0v) is 15.3. The number of aryl methyl sites for hydroxylation is 2. The molecule has 2 aliphatic rings. The molecule has 2 fully saturated rings. The van der Waals surface area contributed by atoms with Crippen molar-refractivity contribution in [1.82, 2.24) is 15.4 Å². The molecule has 134 valence electrons. The molecule has 3 atom stereocenters. The number of likely N-dealkylation sites (tertiary alicyclic amines) is 1. The van der Waals surface area contributed by atoms with Gasteiger partial charge in [-0.05, 0) is 25.3 Å². The van der Waals surface area contributed by atoms with Crippen LogP contribution >= 0.6 is 11.3 Å². The molecule has 0 saturated carbocycles. The molecule has 2 aliphatic heterocycles. The second-order valence-corrected chi connectivity index (χ2v) is 7.79. The molecule has 4 rings (SSSR count). The summed E-state index contributed by atoms with van der Waals surface area (Å²) in [6.45, 7) is 8.14. The molecule has 6 nitrogen and oxygen atoms in total. The lowest BCUT2D eigenvalue weighted by atomic mass is 9.93. The van der Waals surface area contributed by atoms with Gasteiger partial charge in [0, 0.05) is 54.5 Å². The standard InChI is InChI=1S/C18H23N3O3S/c1-11-15(12(2)24-20-11)6-21-7-16-14(9-23-17(16)8-21)5-19-18(22)13-3-4-25-10-13/h3-4,10,14,16-17H,5-9H2,1-2H3,(H,19,22)/t14-,16-,17-/m0/s1. The van der Waals surface area contributed by atoms with Crippen molar-refractivity contribution >= 4 is 17.2 Å². The zero-order chi connectivity index (χ0) is 17.4. The van der Waals surface area contributed by atoms with Crippen molar-refractivity contribution in [3.8, 4) is 0 Å². The number of carbonyl (C=O) groups is 1. The maximum absolute atomic E-state index is 12.1. The Bertz CT molecular complexity index is 723. The molecule has 1 amide bonds. The second-order valence-electron chi connectivity index (χ2n) is 7.01. The Kier molecular flexibility index (Phi) is 4.62. The van der Waals surface area contributed by atoms with Crippen molar-refractivity contribution in [2.45, 2.75) is 26.5 Å². The number of ether oxygens (including phenoxy) is 1. The predicted octanol–water partition coefficient (Wildman–Crippen LogP) is 2.23. The van der Waals surface area contributed by atoms with E-state index in [1.165, 1.54) is 5.56 Å². The van der Waals surface area contributed by atoms with Crippen LogP contribution in [0.3, 0.4) is 0 Å². The van der Waals surface area contributed by atoms with Crippen LogP contribution in [0, 0.1) is 25.7 Å². The van der Waals surface area contributed by atoms with E-state index in [1.807, 2.05) is 30.7 Å². The van der Waals surface area contributed by atoms with Gasteiger partial charge in [0.15, 0.2) is 0 Å². The number of aromatic nitrogens is 1. The first-order valence-corrected chi connectivity index (χ1v) is 9.62. The molecule has 0 bridgehead atoms. The van der Waals surface area contributed by atoms with Gasteiger partial charge in [0.2, 0.25) is 0 Å². The number of carbonyl (C=O) groups excluding carboxylic acids is 1. The summed E-state index contributed by atoms with van der Waals surface area (Å²) >= 11 is 1.54. The van der Waals surface area contributed by atoms with Crippen molar-refractivity contribution in [3.63, 3.8) is 0 Å². The third kappa shape index (κ3) is 3.36. The summed E-state index contributed by atoms with van der Waals surface area (Å²) in [6.07, 6.45) is 0.267. The van der Waals surface area contributed by atoms with Gasteiger partial charge in [-0.2, -0.15) is 11.3 Å². The highest BCUT2D eigenvalue weighted by molar-refractivity contribution is 7.08. The third-order valence-corrected chi connectivity index (χ3v) is 6.07. The SMILES string of the molecule is Cc1noc(C)c1CN1C[C@H]2[C@@H](CNC(=O)c3ccsc3)CO[C@H]2C1. The van der Waals surface area contributed by atoms with Crippen LogP contribution in [0.1, 0.15) is 27.4 Å². The van der Waals surface area contributed by atoms with E-state index in [9.17, 15) is 4.79 Å². The van der Waals surface area contributed by atoms with Crippen LogP contribution in [0.5, 0.6) is 0 Å². The van der Waals surface area contributed by atoms with E-state index < -0.39 is 0 Å². The third-order valence-electron chi connectivity index (χ3n) is 5.39. The van der Waals surface area contributed by atoms with Crippen molar-refractivity contribution in [1.29, 1.82) is 0 Å². The van der Waals surface area contributed by atoms with Gasteiger partial charge in [-0.25, -0.2) is 0 Å². The number of fused-ring (bicyclic) bond motifs is 1. The monoisotopic (exact) mass is 361 g/mol. The summed E-state index contributed by atoms with van der Waals surface area (Å²) in [5.74, 6) is 1.76. The van der Waals surface area contributed by atoms with Crippen LogP contribution in [0.15, 0.2) is 21.3 Å². The first-order valence-electron chi connectivity index (χ1n) is 8.68. The average Bonchev–Trinajstić information content (AvgIpc) is 3.35. The molecule has 4 heterocycles.